The number of fused-ring (bicyclic) bond motifs is 3. The van der Waals surface area contributed by atoms with E-state index in [1.165, 1.54) is 35.8 Å². The third-order valence-corrected chi connectivity index (χ3v) is 5.33. The van der Waals surface area contributed by atoms with Crippen molar-refractivity contribution in [3.05, 3.63) is 71.2 Å². The molecule has 0 unspecified atom stereocenters. The Morgan fingerprint density at radius 2 is 1.55 bits per heavy atom. The standard InChI is InChI=1S/C18H11BrS/c19-15-7-4-8-16-18(15)14-10-9-13(11-17(14)20-16)12-5-2-1-3-6-12/h1-11H. The fourth-order valence-corrected chi connectivity index (χ4v) is 4.48. The zero-order valence-corrected chi connectivity index (χ0v) is 13.0. The highest BCUT2D eigenvalue weighted by atomic mass is 79.9. The third-order valence-electron chi connectivity index (χ3n) is 3.55. The molecule has 0 fully saturated rings. The van der Waals surface area contributed by atoms with E-state index in [-0.39, 0.29) is 0 Å². The van der Waals surface area contributed by atoms with Gasteiger partial charge in [0.25, 0.3) is 0 Å². The van der Waals surface area contributed by atoms with Crippen LogP contribution < -0.4 is 0 Å². The molecule has 0 bridgehead atoms. The number of halogens is 1. The molecule has 0 radical (unpaired) electrons. The van der Waals surface area contributed by atoms with Crippen molar-refractivity contribution < 1.29 is 0 Å². The number of hydrogen-bond donors (Lipinski definition) is 0. The lowest BCUT2D eigenvalue weighted by atomic mass is 10.0. The molecule has 20 heavy (non-hydrogen) atoms. The van der Waals surface area contributed by atoms with Crippen LogP contribution in [0.1, 0.15) is 0 Å². The highest BCUT2D eigenvalue weighted by molar-refractivity contribution is 9.10. The zero-order chi connectivity index (χ0) is 13.5. The lowest BCUT2D eigenvalue weighted by Gasteiger charge is -2.01. The van der Waals surface area contributed by atoms with Crippen LogP contribution in [0.3, 0.4) is 0 Å². The van der Waals surface area contributed by atoms with Gasteiger partial charge in [0, 0.05) is 24.6 Å². The van der Waals surface area contributed by atoms with Gasteiger partial charge in [-0.3, -0.25) is 0 Å². The lowest BCUT2D eigenvalue weighted by molar-refractivity contribution is 1.66. The van der Waals surface area contributed by atoms with Gasteiger partial charge in [-0.2, -0.15) is 0 Å². The van der Waals surface area contributed by atoms with Crippen LogP contribution in [0.15, 0.2) is 71.2 Å². The van der Waals surface area contributed by atoms with E-state index in [9.17, 15) is 0 Å². The van der Waals surface area contributed by atoms with Gasteiger partial charge < -0.3 is 0 Å². The van der Waals surface area contributed by atoms with Crippen LogP contribution in [0.25, 0.3) is 31.3 Å². The molecular weight excluding hydrogens is 328 g/mol. The molecule has 4 aromatic rings. The number of benzene rings is 3. The Labute approximate surface area is 129 Å². The topological polar surface area (TPSA) is 0 Å². The first kappa shape index (κ1) is 12.1. The Kier molecular flexibility index (Phi) is 2.86. The summed E-state index contributed by atoms with van der Waals surface area (Å²) < 4.78 is 3.85. The van der Waals surface area contributed by atoms with Crippen molar-refractivity contribution in [1.82, 2.24) is 0 Å². The molecule has 1 heterocycles. The van der Waals surface area contributed by atoms with Crippen LogP contribution in [0, 0.1) is 0 Å². The van der Waals surface area contributed by atoms with Crippen molar-refractivity contribution in [2.24, 2.45) is 0 Å². The fourth-order valence-electron chi connectivity index (χ4n) is 2.59. The van der Waals surface area contributed by atoms with E-state index < -0.39 is 0 Å². The van der Waals surface area contributed by atoms with Crippen LogP contribution in [-0.2, 0) is 0 Å². The van der Waals surface area contributed by atoms with E-state index in [0.29, 0.717) is 0 Å². The Hall–Kier alpha value is -1.64. The van der Waals surface area contributed by atoms with Gasteiger partial charge in [-0.05, 0) is 29.3 Å². The summed E-state index contributed by atoms with van der Waals surface area (Å²) >= 11 is 5.52. The van der Waals surface area contributed by atoms with Gasteiger partial charge >= 0.3 is 0 Å². The summed E-state index contributed by atoms with van der Waals surface area (Å²) in [4.78, 5) is 0. The molecule has 0 aliphatic heterocycles. The molecule has 1 aromatic heterocycles. The SMILES string of the molecule is Brc1cccc2sc3cc(-c4ccccc4)ccc3c12. The summed E-state index contributed by atoms with van der Waals surface area (Å²) in [5, 5.41) is 2.66. The molecule has 0 saturated heterocycles. The molecule has 0 aliphatic carbocycles. The van der Waals surface area contributed by atoms with Gasteiger partial charge in [0.1, 0.15) is 0 Å². The van der Waals surface area contributed by atoms with E-state index in [4.69, 9.17) is 0 Å². The Morgan fingerprint density at radius 3 is 2.40 bits per heavy atom. The molecule has 0 nitrogen and oxygen atoms in total. The fraction of sp³-hybridized carbons (Fsp3) is 0. The van der Waals surface area contributed by atoms with Gasteiger partial charge in [0.15, 0.2) is 0 Å². The van der Waals surface area contributed by atoms with Crippen LogP contribution in [0.5, 0.6) is 0 Å². The summed E-state index contributed by atoms with van der Waals surface area (Å²) in [7, 11) is 0. The maximum absolute atomic E-state index is 3.67. The first-order valence-corrected chi connectivity index (χ1v) is 8.10. The number of rotatable bonds is 1. The summed E-state index contributed by atoms with van der Waals surface area (Å²) in [6, 6.07) is 23.7. The Bertz CT molecular complexity index is 907. The van der Waals surface area contributed by atoms with Gasteiger partial charge in [-0.15, -0.1) is 11.3 Å². The van der Waals surface area contributed by atoms with Crippen LogP contribution in [0.4, 0.5) is 0 Å². The molecular formula is C18H11BrS. The molecule has 0 N–H and O–H groups in total. The average Bonchev–Trinajstić information content (AvgIpc) is 2.87. The van der Waals surface area contributed by atoms with Crippen molar-refractivity contribution in [2.75, 3.05) is 0 Å². The minimum absolute atomic E-state index is 1.17. The van der Waals surface area contributed by atoms with Crippen LogP contribution in [0.2, 0.25) is 0 Å². The minimum atomic E-state index is 1.17. The van der Waals surface area contributed by atoms with Crippen LogP contribution >= 0.6 is 27.3 Å². The predicted molar refractivity (Wildman–Crippen MR) is 92.5 cm³/mol. The first-order valence-electron chi connectivity index (χ1n) is 6.49. The van der Waals surface area contributed by atoms with E-state index in [2.05, 4.69) is 82.7 Å². The molecule has 0 atom stereocenters. The quantitative estimate of drug-likeness (QED) is 0.372. The Balaban J connectivity index is 2.01. The van der Waals surface area contributed by atoms with Gasteiger partial charge in [0.05, 0.1) is 0 Å². The molecule has 96 valence electrons. The smallest absolute Gasteiger partial charge is 0.0366 e. The average molecular weight is 339 g/mol. The van der Waals surface area contributed by atoms with Crippen molar-refractivity contribution in [3.63, 3.8) is 0 Å². The van der Waals surface area contributed by atoms with E-state index in [1.54, 1.807) is 0 Å². The molecule has 0 spiro atoms. The molecule has 0 amide bonds. The highest BCUT2D eigenvalue weighted by Gasteiger charge is 2.08. The largest absolute Gasteiger partial charge is 0.135 e. The van der Waals surface area contributed by atoms with Crippen LogP contribution in [-0.4, -0.2) is 0 Å². The maximum atomic E-state index is 3.67. The normalized spacial score (nSPS) is 11.2. The monoisotopic (exact) mass is 338 g/mol. The van der Waals surface area contributed by atoms with Crippen molar-refractivity contribution in [1.29, 1.82) is 0 Å². The van der Waals surface area contributed by atoms with Crippen molar-refractivity contribution >= 4 is 47.4 Å². The summed E-state index contributed by atoms with van der Waals surface area (Å²) in [6.45, 7) is 0. The van der Waals surface area contributed by atoms with Gasteiger partial charge in [0.2, 0.25) is 0 Å². The highest BCUT2D eigenvalue weighted by Crippen LogP contribution is 2.39. The number of thiophene rings is 1. The predicted octanol–water partition coefficient (Wildman–Crippen LogP) is 6.48. The second-order valence-corrected chi connectivity index (χ2v) is 6.73. The second kappa shape index (κ2) is 4.72. The third kappa shape index (κ3) is 1.88. The molecule has 0 saturated carbocycles. The first-order chi connectivity index (χ1) is 9.83. The maximum Gasteiger partial charge on any atom is 0.0366 e. The number of hydrogen-bond acceptors (Lipinski definition) is 1. The molecule has 2 heteroatoms. The second-order valence-electron chi connectivity index (χ2n) is 4.79. The van der Waals surface area contributed by atoms with E-state index in [0.717, 1.165) is 0 Å². The molecule has 0 aliphatic rings. The minimum Gasteiger partial charge on any atom is -0.135 e. The molecule has 3 aromatic carbocycles. The lowest BCUT2D eigenvalue weighted by Crippen LogP contribution is -1.76. The van der Waals surface area contributed by atoms with E-state index in [1.807, 2.05) is 11.3 Å². The zero-order valence-electron chi connectivity index (χ0n) is 10.6. The summed E-state index contributed by atoms with van der Waals surface area (Å²) in [5.74, 6) is 0. The summed E-state index contributed by atoms with van der Waals surface area (Å²) in [5.41, 5.74) is 2.55. The summed E-state index contributed by atoms with van der Waals surface area (Å²) in [6.07, 6.45) is 0. The van der Waals surface area contributed by atoms with Gasteiger partial charge in [-0.25, -0.2) is 0 Å². The van der Waals surface area contributed by atoms with Gasteiger partial charge in [-0.1, -0.05) is 64.5 Å². The molecule has 4 rings (SSSR count). The Morgan fingerprint density at radius 1 is 0.700 bits per heavy atom. The van der Waals surface area contributed by atoms with Crippen molar-refractivity contribution in [3.8, 4) is 11.1 Å². The van der Waals surface area contributed by atoms with Crippen molar-refractivity contribution in [2.45, 2.75) is 0 Å². The van der Waals surface area contributed by atoms with E-state index >= 15 is 0 Å².